The summed E-state index contributed by atoms with van der Waals surface area (Å²) in [6.07, 6.45) is -4.78. The minimum atomic E-state index is -4.60. The molecule has 1 aliphatic rings. The van der Waals surface area contributed by atoms with Crippen LogP contribution < -0.4 is 0 Å². The molecule has 3 nitrogen and oxygen atoms in total. The number of benzene rings is 1. The van der Waals surface area contributed by atoms with Gasteiger partial charge in [-0.15, -0.1) is 0 Å². The molecule has 2 rings (SSSR count). The molecule has 1 saturated heterocycles. The molecule has 0 bridgehead atoms. The average molecular weight is 294 g/mol. The summed E-state index contributed by atoms with van der Waals surface area (Å²) in [4.78, 5) is 13.3. The van der Waals surface area contributed by atoms with Gasteiger partial charge in [0.2, 0.25) is 0 Å². The standard InChI is InChI=1S/C12H11ClF3NO2/c13-10-2-1-7(5-9(10)12(14,15)16)11(19)17-4-3-8(18)6-17/h1-2,5,8,18H,3-4,6H2/t8-/m1/s1. The average Bonchev–Trinajstić information content (AvgIpc) is 2.74. The summed E-state index contributed by atoms with van der Waals surface area (Å²) in [5.74, 6) is -0.529. The Labute approximate surface area is 112 Å². The predicted octanol–water partition coefficient (Wildman–Crippen LogP) is 2.57. The fourth-order valence-corrected chi connectivity index (χ4v) is 2.21. The molecule has 19 heavy (non-hydrogen) atoms. The Hall–Kier alpha value is -1.27. The molecular formula is C12H11ClF3NO2. The van der Waals surface area contributed by atoms with Crippen molar-refractivity contribution in [1.82, 2.24) is 4.90 Å². The van der Waals surface area contributed by atoms with Crippen LogP contribution >= 0.6 is 11.6 Å². The summed E-state index contributed by atoms with van der Waals surface area (Å²) >= 11 is 5.48. The van der Waals surface area contributed by atoms with Crippen LogP contribution in [0.1, 0.15) is 22.3 Å². The molecule has 7 heteroatoms. The Morgan fingerprint density at radius 2 is 2.11 bits per heavy atom. The third-order valence-electron chi connectivity index (χ3n) is 2.97. The molecular weight excluding hydrogens is 283 g/mol. The van der Waals surface area contributed by atoms with Crippen LogP contribution in [-0.2, 0) is 6.18 Å². The van der Waals surface area contributed by atoms with Crippen LogP contribution in [0.15, 0.2) is 18.2 Å². The Balaban J connectivity index is 2.28. The van der Waals surface area contributed by atoms with Gasteiger partial charge < -0.3 is 10.0 Å². The zero-order valence-electron chi connectivity index (χ0n) is 9.75. The van der Waals surface area contributed by atoms with Gasteiger partial charge >= 0.3 is 6.18 Å². The number of halogens is 4. The summed E-state index contributed by atoms with van der Waals surface area (Å²) in [6.45, 7) is 0.479. The minimum Gasteiger partial charge on any atom is -0.391 e. The van der Waals surface area contributed by atoms with Crippen molar-refractivity contribution in [2.75, 3.05) is 13.1 Å². The molecule has 0 radical (unpaired) electrons. The highest BCUT2D eigenvalue weighted by atomic mass is 35.5. The number of nitrogens with zero attached hydrogens (tertiary/aromatic N) is 1. The van der Waals surface area contributed by atoms with Crippen molar-refractivity contribution >= 4 is 17.5 Å². The van der Waals surface area contributed by atoms with E-state index >= 15 is 0 Å². The van der Waals surface area contributed by atoms with E-state index in [9.17, 15) is 23.1 Å². The lowest BCUT2D eigenvalue weighted by atomic mass is 10.1. The van der Waals surface area contributed by atoms with Crippen LogP contribution in [0.3, 0.4) is 0 Å². The maximum atomic E-state index is 12.7. The molecule has 1 heterocycles. The first-order valence-corrected chi connectivity index (χ1v) is 6.01. The SMILES string of the molecule is O=C(c1ccc(Cl)c(C(F)(F)F)c1)N1CC[C@@H](O)C1. The van der Waals surface area contributed by atoms with E-state index in [4.69, 9.17) is 11.6 Å². The first-order valence-electron chi connectivity index (χ1n) is 5.63. The van der Waals surface area contributed by atoms with Crippen molar-refractivity contribution in [2.45, 2.75) is 18.7 Å². The number of alkyl halides is 3. The van der Waals surface area contributed by atoms with Gasteiger partial charge in [0.15, 0.2) is 0 Å². The van der Waals surface area contributed by atoms with Crippen molar-refractivity contribution in [2.24, 2.45) is 0 Å². The molecule has 1 N–H and O–H groups in total. The van der Waals surface area contributed by atoms with Crippen molar-refractivity contribution in [1.29, 1.82) is 0 Å². The molecule has 0 aliphatic carbocycles. The lowest BCUT2D eigenvalue weighted by Gasteiger charge is -2.17. The van der Waals surface area contributed by atoms with Gasteiger partial charge in [-0.2, -0.15) is 13.2 Å². The first kappa shape index (κ1) is 14.1. The Kier molecular flexibility index (Phi) is 3.73. The van der Waals surface area contributed by atoms with Gasteiger partial charge in [0, 0.05) is 18.7 Å². The number of rotatable bonds is 1. The fourth-order valence-electron chi connectivity index (χ4n) is 1.98. The molecule has 1 aromatic rings. The maximum absolute atomic E-state index is 12.7. The maximum Gasteiger partial charge on any atom is 0.417 e. The van der Waals surface area contributed by atoms with E-state index in [0.29, 0.717) is 13.0 Å². The summed E-state index contributed by atoms with van der Waals surface area (Å²) < 4.78 is 38.0. The van der Waals surface area contributed by atoms with E-state index in [2.05, 4.69) is 0 Å². The zero-order chi connectivity index (χ0) is 14.2. The van der Waals surface area contributed by atoms with Crippen molar-refractivity contribution in [3.63, 3.8) is 0 Å². The molecule has 1 aliphatic heterocycles. The van der Waals surface area contributed by atoms with Gasteiger partial charge in [-0.3, -0.25) is 4.79 Å². The van der Waals surface area contributed by atoms with Crippen LogP contribution in [-0.4, -0.2) is 35.1 Å². The van der Waals surface area contributed by atoms with Crippen molar-refractivity contribution in [3.05, 3.63) is 34.3 Å². The molecule has 1 amide bonds. The molecule has 1 atom stereocenters. The van der Waals surface area contributed by atoms with E-state index in [1.165, 1.54) is 11.0 Å². The molecule has 1 fully saturated rings. The number of aliphatic hydroxyl groups is 1. The molecule has 0 aromatic heterocycles. The second-order valence-electron chi connectivity index (χ2n) is 4.39. The van der Waals surface area contributed by atoms with E-state index in [1.54, 1.807) is 0 Å². The van der Waals surface area contributed by atoms with E-state index in [-0.39, 0.29) is 12.1 Å². The number of carbonyl (C=O) groups is 1. The van der Waals surface area contributed by atoms with Gasteiger partial charge in [-0.05, 0) is 24.6 Å². The van der Waals surface area contributed by atoms with Crippen LogP contribution in [0.2, 0.25) is 5.02 Å². The third-order valence-corrected chi connectivity index (χ3v) is 3.30. The Bertz CT molecular complexity index is 504. The van der Waals surface area contributed by atoms with Gasteiger partial charge in [-0.1, -0.05) is 11.6 Å². The van der Waals surface area contributed by atoms with Gasteiger partial charge in [0.05, 0.1) is 16.7 Å². The van der Waals surface area contributed by atoms with Crippen LogP contribution in [0.25, 0.3) is 0 Å². The summed E-state index contributed by atoms with van der Waals surface area (Å²) in [6, 6.07) is 3.06. The van der Waals surface area contributed by atoms with Gasteiger partial charge in [0.1, 0.15) is 0 Å². The topological polar surface area (TPSA) is 40.5 Å². The number of aliphatic hydroxyl groups excluding tert-OH is 1. The fraction of sp³-hybridized carbons (Fsp3) is 0.417. The van der Waals surface area contributed by atoms with E-state index < -0.39 is 28.8 Å². The molecule has 0 unspecified atom stereocenters. The lowest BCUT2D eigenvalue weighted by molar-refractivity contribution is -0.137. The number of β-amino-alcohol motifs (C(OH)–C–C–N with tert-alkyl or cyclic N) is 1. The highest BCUT2D eigenvalue weighted by Gasteiger charge is 2.34. The minimum absolute atomic E-state index is 0.0779. The normalized spacial score (nSPS) is 19.8. The third kappa shape index (κ3) is 3.01. The summed E-state index contributed by atoms with van der Waals surface area (Å²) in [5.41, 5.74) is -1.11. The lowest BCUT2D eigenvalue weighted by Crippen LogP contribution is -2.29. The van der Waals surface area contributed by atoms with E-state index in [1.807, 2.05) is 0 Å². The molecule has 0 saturated carbocycles. The zero-order valence-corrected chi connectivity index (χ0v) is 10.5. The molecule has 0 spiro atoms. The number of carbonyl (C=O) groups excluding carboxylic acids is 1. The van der Waals surface area contributed by atoms with E-state index in [0.717, 1.165) is 12.1 Å². The van der Waals surface area contributed by atoms with Crippen LogP contribution in [0.5, 0.6) is 0 Å². The Morgan fingerprint density at radius 1 is 1.42 bits per heavy atom. The highest BCUT2D eigenvalue weighted by Crippen LogP contribution is 2.35. The predicted molar refractivity (Wildman–Crippen MR) is 63.0 cm³/mol. The molecule has 104 valence electrons. The Morgan fingerprint density at radius 3 is 2.63 bits per heavy atom. The number of hydrogen-bond donors (Lipinski definition) is 1. The summed E-state index contributed by atoms with van der Waals surface area (Å²) in [5, 5.41) is 8.89. The van der Waals surface area contributed by atoms with Gasteiger partial charge in [0.25, 0.3) is 5.91 Å². The van der Waals surface area contributed by atoms with Gasteiger partial charge in [-0.25, -0.2) is 0 Å². The smallest absolute Gasteiger partial charge is 0.391 e. The first-order chi connectivity index (χ1) is 8.79. The molecule has 1 aromatic carbocycles. The largest absolute Gasteiger partial charge is 0.417 e. The second kappa shape index (κ2) is 5.02. The van der Waals surface area contributed by atoms with Crippen LogP contribution in [0.4, 0.5) is 13.2 Å². The second-order valence-corrected chi connectivity index (χ2v) is 4.79. The quantitative estimate of drug-likeness (QED) is 0.864. The monoisotopic (exact) mass is 293 g/mol. The number of likely N-dealkylation sites (tertiary alicyclic amines) is 1. The van der Waals surface area contributed by atoms with Crippen molar-refractivity contribution < 1.29 is 23.1 Å². The summed E-state index contributed by atoms with van der Waals surface area (Å²) in [7, 11) is 0. The number of hydrogen-bond acceptors (Lipinski definition) is 2. The van der Waals surface area contributed by atoms with Crippen LogP contribution in [0, 0.1) is 0 Å². The number of amides is 1. The highest BCUT2D eigenvalue weighted by molar-refractivity contribution is 6.31. The van der Waals surface area contributed by atoms with Crippen molar-refractivity contribution in [3.8, 4) is 0 Å².